The van der Waals surface area contributed by atoms with Gasteiger partial charge in [-0.1, -0.05) is 11.6 Å². The fourth-order valence-corrected chi connectivity index (χ4v) is 2.90. The van der Waals surface area contributed by atoms with Gasteiger partial charge in [0, 0.05) is 36.9 Å². The number of carbonyl (C=O) groups is 1. The van der Waals surface area contributed by atoms with Gasteiger partial charge in [0.25, 0.3) is 0 Å². The molecule has 0 radical (unpaired) electrons. The molecule has 146 valence electrons. The lowest BCUT2D eigenvalue weighted by Gasteiger charge is -2.36. The van der Waals surface area contributed by atoms with Crippen molar-refractivity contribution < 1.29 is 13.9 Å². The fraction of sp³-hybridized carbons (Fsp3) is 0.333. The van der Waals surface area contributed by atoms with Crippen molar-refractivity contribution in [2.45, 2.75) is 6.54 Å². The van der Waals surface area contributed by atoms with Gasteiger partial charge in [0.2, 0.25) is 5.76 Å². The summed E-state index contributed by atoms with van der Waals surface area (Å²) in [7, 11) is 1.31. The quantitative estimate of drug-likeness (QED) is 0.298. The Balaban J connectivity index is 0.00000261. The molecule has 0 aliphatic carbocycles. The van der Waals surface area contributed by atoms with Gasteiger partial charge in [-0.05, 0) is 36.4 Å². The summed E-state index contributed by atoms with van der Waals surface area (Å²) in [5, 5.41) is 0.733. The standard InChI is InChI=1S/C18H21ClN4O3.HI/c1-25-17(24)16-7-6-15(26-16)12-21-18(20)23-10-8-22(9-11-23)14-4-2-13(19)3-5-14;/h2-7H,8-12H2,1H3,(H2,20,21);1H. The van der Waals surface area contributed by atoms with Gasteiger partial charge in [0.05, 0.1) is 7.11 Å². The lowest BCUT2D eigenvalue weighted by Crippen LogP contribution is -2.51. The molecule has 0 unspecified atom stereocenters. The van der Waals surface area contributed by atoms with Crippen LogP contribution in [0.3, 0.4) is 0 Å². The molecule has 1 fully saturated rings. The second-order valence-corrected chi connectivity index (χ2v) is 6.32. The van der Waals surface area contributed by atoms with Crippen LogP contribution in [0.4, 0.5) is 5.69 Å². The Hall–Kier alpha value is -1.94. The number of rotatable bonds is 4. The predicted octanol–water partition coefficient (Wildman–Crippen LogP) is 2.97. The molecule has 7 nitrogen and oxygen atoms in total. The number of guanidine groups is 1. The number of piperazine rings is 1. The van der Waals surface area contributed by atoms with E-state index >= 15 is 0 Å². The summed E-state index contributed by atoms with van der Waals surface area (Å²) >= 11 is 5.94. The van der Waals surface area contributed by atoms with Gasteiger partial charge in [0.15, 0.2) is 5.96 Å². The number of furan rings is 1. The molecular formula is C18H22ClIN4O3. The summed E-state index contributed by atoms with van der Waals surface area (Å²) in [5.41, 5.74) is 7.25. The maximum Gasteiger partial charge on any atom is 0.373 e. The van der Waals surface area contributed by atoms with Crippen molar-refractivity contribution in [3.63, 3.8) is 0 Å². The molecular weight excluding hydrogens is 483 g/mol. The molecule has 0 spiro atoms. The fourth-order valence-electron chi connectivity index (χ4n) is 2.78. The van der Waals surface area contributed by atoms with Crippen LogP contribution in [0.5, 0.6) is 0 Å². The minimum Gasteiger partial charge on any atom is -0.463 e. The van der Waals surface area contributed by atoms with Crippen LogP contribution in [0.15, 0.2) is 45.8 Å². The molecule has 0 saturated carbocycles. The average Bonchev–Trinajstić information content (AvgIpc) is 3.15. The molecule has 27 heavy (non-hydrogen) atoms. The van der Waals surface area contributed by atoms with Crippen LogP contribution in [0.1, 0.15) is 16.3 Å². The van der Waals surface area contributed by atoms with Crippen molar-refractivity contribution in [3.05, 3.63) is 52.9 Å². The van der Waals surface area contributed by atoms with E-state index in [1.807, 2.05) is 29.2 Å². The van der Waals surface area contributed by atoms with Crippen molar-refractivity contribution in [3.8, 4) is 0 Å². The number of carbonyl (C=O) groups excluding carboxylic acids is 1. The van der Waals surface area contributed by atoms with Crippen molar-refractivity contribution >= 4 is 53.2 Å². The number of nitrogens with two attached hydrogens (primary N) is 1. The summed E-state index contributed by atoms with van der Waals surface area (Å²) in [6.45, 7) is 3.55. The van der Waals surface area contributed by atoms with Gasteiger partial charge in [-0.3, -0.25) is 0 Å². The maximum atomic E-state index is 11.4. The third-order valence-corrected chi connectivity index (χ3v) is 4.49. The lowest BCUT2D eigenvalue weighted by atomic mass is 10.2. The minimum atomic E-state index is -0.508. The van der Waals surface area contributed by atoms with Gasteiger partial charge >= 0.3 is 5.97 Å². The lowest BCUT2D eigenvalue weighted by molar-refractivity contribution is 0.0563. The Morgan fingerprint density at radius 1 is 1.19 bits per heavy atom. The zero-order chi connectivity index (χ0) is 18.5. The minimum absolute atomic E-state index is 0. The molecule has 1 saturated heterocycles. The highest BCUT2D eigenvalue weighted by Gasteiger charge is 2.18. The summed E-state index contributed by atoms with van der Waals surface area (Å²) in [4.78, 5) is 20.1. The van der Waals surface area contributed by atoms with E-state index in [4.69, 9.17) is 21.8 Å². The predicted molar refractivity (Wildman–Crippen MR) is 116 cm³/mol. The molecule has 0 bridgehead atoms. The first-order valence-electron chi connectivity index (χ1n) is 8.29. The number of nitrogens with zero attached hydrogens (tertiary/aromatic N) is 3. The second-order valence-electron chi connectivity index (χ2n) is 5.88. The molecule has 1 aromatic heterocycles. The smallest absolute Gasteiger partial charge is 0.373 e. The Kier molecular flexibility index (Phi) is 7.78. The zero-order valence-corrected chi connectivity index (χ0v) is 18.0. The van der Waals surface area contributed by atoms with Crippen LogP contribution in [-0.2, 0) is 11.3 Å². The average molecular weight is 505 g/mol. The van der Waals surface area contributed by atoms with Gasteiger partial charge in [-0.2, -0.15) is 0 Å². The number of aliphatic imine (C=N–C) groups is 1. The monoisotopic (exact) mass is 504 g/mol. The van der Waals surface area contributed by atoms with Crippen LogP contribution in [0, 0.1) is 0 Å². The van der Waals surface area contributed by atoms with E-state index in [0.717, 1.165) is 36.9 Å². The summed E-state index contributed by atoms with van der Waals surface area (Å²) in [6.07, 6.45) is 0. The highest BCUT2D eigenvalue weighted by molar-refractivity contribution is 14.0. The highest BCUT2D eigenvalue weighted by atomic mass is 127. The Morgan fingerprint density at radius 3 is 2.48 bits per heavy atom. The maximum absolute atomic E-state index is 11.4. The Morgan fingerprint density at radius 2 is 1.85 bits per heavy atom. The Labute approximate surface area is 180 Å². The third kappa shape index (κ3) is 5.52. The number of halogens is 2. The molecule has 2 N–H and O–H groups in total. The largest absolute Gasteiger partial charge is 0.463 e. The van der Waals surface area contributed by atoms with Crippen molar-refractivity contribution in [1.29, 1.82) is 0 Å². The zero-order valence-electron chi connectivity index (χ0n) is 14.9. The molecule has 3 rings (SSSR count). The number of anilines is 1. The van der Waals surface area contributed by atoms with E-state index in [2.05, 4.69) is 14.6 Å². The van der Waals surface area contributed by atoms with Crippen LogP contribution in [-0.4, -0.2) is 50.1 Å². The van der Waals surface area contributed by atoms with E-state index in [0.29, 0.717) is 11.7 Å². The summed E-state index contributed by atoms with van der Waals surface area (Å²) < 4.78 is 9.99. The van der Waals surface area contributed by atoms with Crippen LogP contribution >= 0.6 is 35.6 Å². The molecule has 2 heterocycles. The van der Waals surface area contributed by atoms with Gasteiger partial charge in [-0.25, -0.2) is 9.79 Å². The van der Waals surface area contributed by atoms with Crippen molar-refractivity contribution in [2.75, 3.05) is 38.2 Å². The number of hydrogen-bond acceptors (Lipinski definition) is 5. The molecule has 0 amide bonds. The second kappa shape index (κ2) is 9.84. The molecule has 2 aromatic rings. The van der Waals surface area contributed by atoms with E-state index in [1.54, 1.807) is 12.1 Å². The number of benzene rings is 1. The Bertz CT molecular complexity index is 786. The normalized spacial score (nSPS) is 14.7. The van der Waals surface area contributed by atoms with Crippen molar-refractivity contribution in [1.82, 2.24) is 4.90 Å². The first kappa shape index (κ1) is 21.4. The van der Waals surface area contributed by atoms with E-state index in [1.165, 1.54) is 7.11 Å². The van der Waals surface area contributed by atoms with Gasteiger partial charge in [-0.15, -0.1) is 24.0 Å². The summed E-state index contributed by atoms with van der Waals surface area (Å²) in [5.74, 6) is 0.685. The van der Waals surface area contributed by atoms with E-state index in [9.17, 15) is 4.79 Å². The molecule has 9 heteroatoms. The topological polar surface area (TPSA) is 84.3 Å². The number of methoxy groups -OCH3 is 1. The molecule has 1 aromatic carbocycles. The van der Waals surface area contributed by atoms with Gasteiger partial charge < -0.3 is 24.7 Å². The summed E-state index contributed by atoms with van der Waals surface area (Å²) in [6, 6.07) is 11.1. The highest BCUT2D eigenvalue weighted by Crippen LogP contribution is 2.19. The first-order valence-corrected chi connectivity index (χ1v) is 8.67. The number of hydrogen-bond donors (Lipinski definition) is 1. The molecule has 0 atom stereocenters. The van der Waals surface area contributed by atoms with Crippen molar-refractivity contribution in [2.24, 2.45) is 10.7 Å². The number of ether oxygens (including phenoxy) is 1. The molecule has 1 aliphatic heterocycles. The van der Waals surface area contributed by atoms with E-state index < -0.39 is 5.97 Å². The van der Waals surface area contributed by atoms with Crippen LogP contribution < -0.4 is 10.6 Å². The van der Waals surface area contributed by atoms with E-state index in [-0.39, 0.29) is 36.3 Å². The first-order chi connectivity index (χ1) is 12.6. The van der Waals surface area contributed by atoms with Crippen LogP contribution in [0.2, 0.25) is 5.02 Å². The van der Waals surface area contributed by atoms with Gasteiger partial charge in [0.1, 0.15) is 12.3 Å². The number of esters is 1. The van der Waals surface area contributed by atoms with Crippen LogP contribution in [0.25, 0.3) is 0 Å². The SMILES string of the molecule is COC(=O)c1ccc(CN=C(N)N2CCN(c3ccc(Cl)cc3)CC2)o1.I. The third-order valence-electron chi connectivity index (χ3n) is 4.24. The molecule has 1 aliphatic rings.